The van der Waals surface area contributed by atoms with Crippen molar-refractivity contribution >= 4 is 23.4 Å². The van der Waals surface area contributed by atoms with Crippen molar-refractivity contribution in [2.75, 3.05) is 13.1 Å². The molecule has 10 heteroatoms. The van der Waals surface area contributed by atoms with Crippen LogP contribution in [0.4, 0.5) is 4.39 Å². The second kappa shape index (κ2) is 9.49. The van der Waals surface area contributed by atoms with Gasteiger partial charge in [-0.15, -0.1) is 22.6 Å². The fourth-order valence-corrected chi connectivity index (χ4v) is 4.10. The van der Waals surface area contributed by atoms with Crippen LogP contribution in [0.1, 0.15) is 30.3 Å². The van der Waals surface area contributed by atoms with E-state index in [4.69, 9.17) is 0 Å². The van der Waals surface area contributed by atoms with Crippen LogP contribution in [0.5, 0.6) is 0 Å². The van der Waals surface area contributed by atoms with E-state index in [1.54, 1.807) is 6.07 Å². The Balaban J connectivity index is 0.00000231. The second-order valence-corrected chi connectivity index (χ2v) is 7.73. The zero-order valence-electron chi connectivity index (χ0n) is 17.0. The van der Waals surface area contributed by atoms with Gasteiger partial charge >= 0.3 is 0 Å². The molecule has 162 valence electrons. The van der Waals surface area contributed by atoms with Crippen LogP contribution in [0.25, 0.3) is 11.0 Å². The predicted molar refractivity (Wildman–Crippen MR) is 116 cm³/mol. The molecule has 0 saturated carbocycles. The van der Waals surface area contributed by atoms with E-state index in [2.05, 4.69) is 55.0 Å². The summed E-state index contributed by atoms with van der Waals surface area (Å²) in [6.07, 6.45) is 2.82. The SMILES string of the molecule is Cl.Fc1ccc2c(c1)nnn2C1CCN(Cc2nnnn2CCc2ccccc2)CC1. The summed E-state index contributed by atoms with van der Waals surface area (Å²) in [4.78, 5) is 2.37. The molecule has 2 aromatic heterocycles. The van der Waals surface area contributed by atoms with E-state index in [0.29, 0.717) is 5.52 Å². The lowest BCUT2D eigenvalue weighted by Crippen LogP contribution is -2.35. The minimum absolute atomic E-state index is 0. The minimum Gasteiger partial charge on any atom is -0.296 e. The van der Waals surface area contributed by atoms with Crippen molar-refractivity contribution in [3.63, 3.8) is 0 Å². The molecule has 0 unspecified atom stereocenters. The molecule has 0 atom stereocenters. The molecule has 0 amide bonds. The van der Waals surface area contributed by atoms with Gasteiger partial charge < -0.3 is 0 Å². The van der Waals surface area contributed by atoms with Crippen molar-refractivity contribution in [2.45, 2.75) is 38.4 Å². The lowest BCUT2D eigenvalue weighted by molar-refractivity contribution is 0.168. The Hall–Kier alpha value is -2.91. The van der Waals surface area contributed by atoms with E-state index < -0.39 is 0 Å². The zero-order valence-corrected chi connectivity index (χ0v) is 17.8. The number of hydrogen-bond acceptors (Lipinski definition) is 6. The standard InChI is InChI=1S/C21H23FN8.ClH/c22-17-6-7-20-19(14-17)23-26-30(20)18-9-11-28(12-10-18)15-21-24-25-27-29(21)13-8-16-4-2-1-3-5-16;/h1-7,14,18H,8-13,15H2;1H. The minimum atomic E-state index is -0.283. The zero-order chi connectivity index (χ0) is 20.3. The number of likely N-dealkylation sites (tertiary alicyclic amines) is 1. The van der Waals surface area contributed by atoms with Crippen LogP contribution in [-0.2, 0) is 19.5 Å². The number of aryl methyl sites for hydroxylation is 2. The summed E-state index contributed by atoms with van der Waals surface area (Å²) >= 11 is 0. The quantitative estimate of drug-likeness (QED) is 0.456. The predicted octanol–water partition coefficient (Wildman–Crippen LogP) is 3.06. The molecule has 1 aliphatic heterocycles. The fourth-order valence-electron chi connectivity index (χ4n) is 4.10. The van der Waals surface area contributed by atoms with Gasteiger partial charge in [0.05, 0.1) is 18.1 Å². The number of fused-ring (bicyclic) bond motifs is 1. The second-order valence-electron chi connectivity index (χ2n) is 7.73. The van der Waals surface area contributed by atoms with Crippen molar-refractivity contribution in [2.24, 2.45) is 0 Å². The van der Waals surface area contributed by atoms with Crippen molar-refractivity contribution < 1.29 is 4.39 Å². The molecule has 1 saturated heterocycles. The first kappa shape index (κ1) is 21.3. The van der Waals surface area contributed by atoms with Gasteiger partial charge in [-0.25, -0.2) is 13.8 Å². The van der Waals surface area contributed by atoms with E-state index in [-0.39, 0.29) is 24.3 Å². The van der Waals surface area contributed by atoms with Crippen LogP contribution in [0.2, 0.25) is 0 Å². The summed E-state index contributed by atoms with van der Waals surface area (Å²) in [5.74, 6) is 0.611. The molecule has 0 spiro atoms. The maximum absolute atomic E-state index is 13.4. The third-order valence-corrected chi connectivity index (χ3v) is 5.76. The number of halogens is 2. The van der Waals surface area contributed by atoms with E-state index in [0.717, 1.165) is 56.8 Å². The third-order valence-electron chi connectivity index (χ3n) is 5.76. The Labute approximate surface area is 185 Å². The van der Waals surface area contributed by atoms with Crippen LogP contribution in [0.15, 0.2) is 48.5 Å². The summed E-state index contributed by atoms with van der Waals surface area (Å²) in [6, 6.07) is 15.3. The van der Waals surface area contributed by atoms with Crippen molar-refractivity contribution in [3.05, 3.63) is 65.7 Å². The number of rotatable bonds is 6. The highest BCUT2D eigenvalue weighted by molar-refractivity contribution is 5.85. The lowest BCUT2D eigenvalue weighted by Gasteiger charge is -2.31. The molecule has 1 aliphatic rings. The number of aromatic nitrogens is 7. The number of hydrogen-bond donors (Lipinski definition) is 0. The van der Waals surface area contributed by atoms with Gasteiger partial charge in [0.1, 0.15) is 11.3 Å². The Morgan fingerprint density at radius 2 is 1.77 bits per heavy atom. The molecular weight excluding hydrogens is 419 g/mol. The lowest BCUT2D eigenvalue weighted by atomic mass is 10.0. The molecule has 0 aliphatic carbocycles. The summed E-state index contributed by atoms with van der Waals surface area (Å²) in [5.41, 5.74) is 2.77. The third kappa shape index (κ3) is 4.72. The average molecular weight is 443 g/mol. The first-order valence-electron chi connectivity index (χ1n) is 10.3. The van der Waals surface area contributed by atoms with Gasteiger partial charge in [0.2, 0.25) is 0 Å². The topological polar surface area (TPSA) is 77.6 Å². The molecule has 1 fully saturated rings. The fraction of sp³-hybridized carbons (Fsp3) is 0.381. The van der Waals surface area contributed by atoms with Gasteiger partial charge in [-0.05, 0) is 47.4 Å². The molecule has 0 bridgehead atoms. The van der Waals surface area contributed by atoms with Crippen molar-refractivity contribution in [3.8, 4) is 0 Å². The maximum Gasteiger partial charge on any atom is 0.165 e. The normalized spacial score (nSPS) is 15.3. The molecule has 2 aromatic carbocycles. The summed E-state index contributed by atoms with van der Waals surface area (Å²) < 4.78 is 17.2. The van der Waals surface area contributed by atoms with Crippen LogP contribution in [0.3, 0.4) is 0 Å². The highest BCUT2D eigenvalue weighted by atomic mass is 35.5. The summed E-state index contributed by atoms with van der Waals surface area (Å²) in [7, 11) is 0. The summed E-state index contributed by atoms with van der Waals surface area (Å²) in [5, 5.41) is 20.7. The van der Waals surface area contributed by atoms with Crippen LogP contribution in [-0.4, -0.2) is 53.2 Å². The Morgan fingerprint density at radius 3 is 2.58 bits per heavy atom. The number of nitrogens with zero attached hydrogens (tertiary/aromatic N) is 8. The molecule has 0 N–H and O–H groups in total. The first-order chi connectivity index (χ1) is 14.8. The van der Waals surface area contributed by atoms with Crippen molar-refractivity contribution in [1.29, 1.82) is 0 Å². The summed E-state index contributed by atoms with van der Waals surface area (Å²) in [6.45, 7) is 3.36. The largest absolute Gasteiger partial charge is 0.296 e. The smallest absolute Gasteiger partial charge is 0.165 e. The van der Waals surface area contributed by atoms with Crippen LogP contribution < -0.4 is 0 Å². The highest BCUT2D eigenvalue weighted by Crippen LogP contribution is 2.26. The van der Waals surface area contributed by atoms with Gasteiger partial charge in [0.25, 0.3) is 0 Å². The van der Waals surface area contributed by atoms with Gasteiger partial charge in [-0.2, -0.15) is 0 Å². The molecule has 8 nitrogen and oxygen atoms in total. The van der Waals surface area contributed by atoms with E-state index in [1.807, 2.05) is 15.4 Å². The molecule has 4 aromatic rings. The van der Waals surface area contributed by atoms with Gasteiger partial charge in [-0.3, -0.25) is 4.90 Å². The van der Waals surface area contributed by atoms with Crippen LogP contribution in [0, 0.1) is 5.82 Å². The Kier molecular flexibility index (Phi) is 6.53. The van der Waals surface area contributed by atoms with E-state index in [1.165, 1.54) is 17.7 Å². The monoisotopic (exact) mass is 442 g/mol. The van der Waals surface area contributed by atoms with Crippen LogP contribution >= 0.6 is 12.4 Å². The molecule has 0 radical (unpaired) electrons. The first-order valence-corrected chi connectivity index (χ1v) is 10.3. The highest BCUT2D eigenvalue weighted by Gasteiger charge is 2.24. The van der Waals surface area contributed by atoms with E-state index in [9.17, 15) is 4.39 Å². The number of benzene rings is 2. The van der Waals surface area contributed by atoms with E-state index >= 15 is 0 Å². The van der Waals surface area contributed by atoms with Gasteiger partial charge in [-0.1, -0.05) is 35.5 Å². The number of piperidine rings is 1. The molecule has 31 heavy (non-hydrogen) atoms. The maximum atomic E-state index is 13.4. The van der Waals surface area contributed by atoms with Crippen molar-refractivity contribution in [1.82, 2.24) is 40.1 Å². The molecular formula is C21H24ClFN8. The number of tetrazole rings is 1. The Morgan fingerprint density at radius 1 is 0.968 bits per heavy atom. The Bertz CT molecular complexity index is 1120. The van der Waals surface area contributed by atoms with Gasteiger partial charge in [0.15, 0.2) is 5.82 Å². The molecule has 5 rings (SSSR count). The molecule has 3 heterocycles. The average Bonchev–Trinajstić information content (AvgIpc) is 3.40. The van der Waals surface area contributed by atoms with Gasteiger partial charge in [0, 0.05) is 25.7 Å².